The molecular weight excluding hydrogens is 601 g/mol. The summed E-state index contributed by atoms with van der Waals surface area (Å²) in [7, 11) is 0. The molecule has 0 aliphatic heterocycles. The first-order valence-electron chi connectivity index (χ1n) is 16.6. The molecule has 2 heterocycles. The Morgan fingerprint density at radius 2 is 1.10 bits per heavy atom. The molecule has 2 aromatic heterocycles. The zero-order chi connectivity index (χ0) is 32.0. The van der Waals surface area contributed by atoms with Crippen molar-refractivity contribution in [3.8, 4) is 16.8 Å². The molecule has 0 saturated heterocycles. The highest BCUT2D eigenvalue weighted by Gasteiger charge is 2.35. The summed E-state index contributed by atoms with van der Waals surface area (Å²) in [5.41, 5.74) is 12.5. The van der Waals surface area contributed by atoms with Crippen LogP contribution in [0.3, 0.4) is 0 Å². The lowest BCUT2D eigenvalue weighted by Crippen LogP contribution is -2.15. The molecule has 0 amide bonds. The first kappa shape index (κ1) is 27.5. The summed E-state index contributed by atoms with van der Waals surface area (Å²) in [5.74, 6) is 0. The van der Waals surface area contributed by atoms with Crippen LogP contribution in [-0.2, 0) is 5.41 Å². The summed E-state index contributed by atoms with van der Waals surface area (Å²) in [6.45, 7) is 4.70. The Balaban J connectivity index is 1.19. The average Bonchev–Trinajstić information content (AvgIpc) is 3.75. The summed E-state index contributed by atoms with van der Waals surface area (Å²) >= 11 is 1.88. The maximum Gasteiger partial charge on any atom is 0.0640 e. The fourth-order valence-corrected chi connectivity index (χ4v) is 9.34. The van der Waals surface area contributed by atoms with Gasteiger partial charge in [-0.25, -0.2) is 0 Å². The van der Waals surface area contributed by atoms with Crippen LogP contribution in [-0.4, -0.2) is 4.57 Å². The molecule has 0 bridgehead atoms. The van der Waals surface area contributed by atoms with Gasteiger partial charge >= 0.3 is 0 Å². The second-order valence-electron chi connectivity index (χ2n) is 13.4. The summed E-state index contributed by atoms with van der Waals surface area (Å²) in [5, 5.41) is 5.16. The van der Waals surface area contributed by atoms with Crippen molar-refractivity contribution in [2.45, 2.75) is 19.3 Å². The van der Waals surface area contributed by atoms with Crippen molar-refractivity contribution >= 4 is 70.4 Å². The third-order valence-electron chi connectivity index (χ3n) is 10.4. The summed E-state index contributed by atoms with van der Waals surface area (Å²) in [6, 6.07) is 58.1. The van der Waals surface area contributed by atoms with Gasteiger partial charge in [0.1, 0.15) is 0 Å². The lowest BCUT2D eigenvalue weighted by molar-refractivity contribution is 0.660. The van der Waals surface area contributed by atoms with E-state index >= 15 is 0 Å². The van der Waals surface area contributed by atoms with E-state index in [0.717, 1.165) is 17.1 Å². The number of hydrogen-bond donors (Lipinski definition) is 0. The van der Waals surface area contributed by atoms with Gasteiger partial charge in [-0.05, 0) is 82.9 Å². The molecular formula is C45H32N2S. The minimum Gasteiger partial charge on any atom is -0.309 e. The number of para-hydroxylation sites is 2. The standard InChI is InChI=1S/C45H32N2S/c1-45(2)38-17-7-3-12-32(38)37-28-31(26-27-39(37)45)46(42-20-11-16-36-35-15-6-10-21-43(35)48-44(36)42)29-22-24-30(25-23-29)47-40-18-8-4-13-33(40)34-14-5-9-19-41(34)47/h3-28H,1-2H3. The molecule has 9 aromatic rings. The number of nitrogens with zero attached hydrogens (tertiary/aromatic N) is 2. The topological polar surface area (TPSA) is 8.17 Å². The number of rotatable bonds is 4. The molecule has 48 heavy (non-hydrogen) atoms. The fraction of sp³-hybridized carbons (Fsp3) is 0.0667. The molecule has 2 nitrogen and oxygen atoms in total. The van der Waals surface area contributed by atoms with Crippen molar-refractivity contribution in [2.24, 2.45) is 0 Å². The Bertz CT molecular complexity index is 2650. The van der Waals surface area contributed by atoms with E-state index in [1.165, 1.54) is 69.9 Å². The minimum absolute atomic E-state index is 0.0370. The number of thiophene rings is 1. The Hall–Kier alpha value is -5.64. The monoisotopic (exact) mass is 632 g/mol. The zero-order valence-electron chi connectivity index (χ0n) is 26.8. The van der Waals surface area contributed by atoms with Gasteiger partial charge in [0.2, 0.25) is 0 Å². The summed E-state index contributed by atoms with van der Waals surface area (Å²) in [6.07, 6.45) is 0. The van der Waals surface area contributed by atoms with Crippen LogP contribution in [0.25, 0.3) is 58.8 Å². The van der Waals surface area contributed by atoms with E-state index in [1.54, 1.807) is 0 Å². The van der Waals surface area contributed by atoms with E-state index in [-0.39, 0.29) is 5.41 Å². The van der Waals surface area contributed by atoms with Crippen LogP contribution in [0.15, 0.2) is 158 Å². The molecule has 7 aromatic carbocycles. The maximum absolute atomic E-state index is 2.46. The third kappa shape index (κ3) is 3.85. The van der Waals surface area contributed by atoms with Gasteiger partial charge in [0.25, 0.3) is 0 Å². The van der Waals surface area contributed by atoms with E-state index in [1.807, 2.05) is 11.3 Å². The van der Waals surface area contributed by atoms with Crippen LogP contribution in [0.1, 0.15) is 25.0 Å². The lowest BCUT2D eigenvalue weighted by Gasteiger charge is -2.28. The van der Waals surface area contributed by atoms with E-state index in [4.69, 9.17) is 0 Å². The first-order valence-corrected chi connectivity index (χ1v) is 17.4. The molecule has 1 aliphatic carbocycles. The van der Waals surface area contributed by atoms with Gasteiger partial charge in [-0.2, -0.15) is 0 Å². The van der Waals surface area contributed by atoms with Crippen molar-refractivity contribution in [3.05, 3.63) is 169 Å². The van der Waals surface area contributed by atoms with E-state index in [9.17, 15) is 0 Å². The van der Waals surface area contributed by atoms with Crippen molar-refractivity contribution < 1.29 is 0 Å². The van der Waals surface area contributed by atoms with Crippen molar-refractivity contribution in [3.63, 3.8) is 0 Å². The lowest BCUT2D eigenvalue weighted by atomic mass is 9.82. The predicted molar refractivity (Wildman–Crippen MR) is 206 cm³/mol. The number of benzene rings is 7. The molecule has 0 spiro atoms. The van der Waals surface area contributed by atoms with Gasteiger partial charge in [0.05, 0.1) is 21.4 Å². The molecule has 3 heteroatoms. The quantitative estimate of drug-likeness (QED) is 0.187. The van der Waals surface area contributed by atoms with Gasteiger partial charge in [-0.3, -0.25) is 0 Å². The summed E-state index contributed by atoms with van der Waals surface area (Å²) < 4.78 is 5.00. The van der Waals surface area contributed by atoms with E-state index < -0.39 is 0 Å². The molecule has 228 valence electrons. The SMILES string of the molecule is CC1(C)c2ccccc2-c2cc(N(c3ccc(-n4c5ccccc5c5ccccc54)cc3)c3cccc4c3sc3ccccc34)ccc21. The van der Waals surface area contributed by atoms with E-state index in [2.05, 4.69) is 181 Å². The largest absolute Gasteiger partial charge is 0.309 e. The molecule has 0 N–H and O–H groups in total. The highest BCUT2D eigenvalue weighted by atomic mass is 32.1. The van der Waals surface area contributed by atoms with Gasteiger partial charge in [-0.1, -0.05) is 111 Å². The smallest absolute Gasteiger partial charge is 0.0640 e. The van der Waals surface area contributed by atoms with Gasteiger partial charge < -0.3 is 9.47 Å². The number of anilines is 3. The van der Waals surface area contributed by atoms with Crippen LogP contribution >= 0.6 is 11.3 Å². The van der Waals surface area contributed by atoms with Crippen molar-refractivity contribution in [1.29, 1.82) is 0 Å². The van der Waals surface area contributed by atoms with Crippen LogP contribution in [0.4, 0.5) is 17.1 Å². The van der Waals surface area contributed by atoms with Crippen LogP contribution in [0, 0.1) is 0 Å². The van der Waals surface area contributed by atoms with Crippen molar-refractivity contribution in [2.75, 3.05) is 4.90 Å². The molecule has 0 fully saturated rings. The second-order valence-corrected chi connectivity index (χ2v) is 14.4. The highest BCUT2D eigenvalue weighted by Crippen LogP contribution is 2.51. The molecule has 0 unspecified atom stereocenters. The minimum atomic E-state index is -0.0370. The molecule has 0 radical (unpaired) electrons. The molecule has 0 atom stereocenters. The maximum atomic E-state index is 2.46. The Labute approximate surface area is 283 Å². The van der Waals surface area contributed by atoms with Gasteiger partial charge in [0, 0.05) is 48.7 Å². The number of hydrogen-bond acceptors (Lipinski definition) is 2. The average molecular weight is 633 g/mol. The van der Waals surface area contributed by atoms with Gasteiger partial charge in [0.15, 0.2) is 0 Å². The fourth-order valence-electron chi connectivity index (χ4n) is 8.13. The highest BCUT2D eigenvalue weighted by molar-refractivity contribution is 7.26. The number of aromatic nitrogens is 1. The predicted octanol–water partition coefficient (Wildman–Crippen LogP) is 12.9. The summed E-state index contributed by atoms with van der Waals surface area (Å²) in [4.78, 5) is 2.46. The zero-order valence-corrected chi connectivity index (χ0v) is 27.6. The van der Waals surface area contributed by atoms with Gasteiger partial charge in [-0.15, -0.1) is 11.3 Å². The first-order chi connectivity index (χ1) is 23.6. The van der Waals surface area contributed by atoms with Crippen molar-refractivity contribution in [1.82, 2.24) is 4.57 Å². The molecule has 0 saturated carbocycles. The van der Waals surface area contributed by atoms with Crippen LogP contribution < -0.4 is 4.90 Å². The second kappa shape index (κ2) is 10.2. The normalized spacial score (nSPS) is 13.4. The third-order valence-corrected chi connectivity index (χ3v) is 11.6. The number of fused-ring (bicyclic) bond motifs is 9. The van der Waals surface area contributed by atoms with Crippen LogP contribution in [0.2, 0.25) is 0 Å². The van der Waals surface area contributed by atoms with E-state index in [0.29, 0.717) is 0 Å². The Kier molecular flexibility index (Phi) is 5.82. The Morgan fingerprint density at radius 3 is 1.88 bits per heavy atom. The molecule has 1 aliphatic rings. The Morgan fingerprint density at radius 1 is 0.500 bits per heavy atom. The van der Waals surface area contributed by atoms with Crippen LogP contribution in [0.5, 0.6) is 0 Å². The molecule has 10 rings (SSSR count).